The fourth-order valence-corrected chi connectivity index (χ4v) is 2.44. The number of aliphatic hydroxyl groups is 1. The number of rotatable bonds is 6. The SMILES string of the molecule is O=C(COc1ccc(Cl)cc1Cl)OCCC1OCCC1O. The second-order valence-corrected chi connectivity index (χ2v) is 5.48. The number of hydrogen-bond acceptors (Lipinski definition) is 5. The van der Waals surface area contributed by atoms with Crippen LogP contribution in [-0.4, -0.2) is 43.1 Å². The van der Waals surface area contributed by atoms with Crippen LogP contribution in [0.3, 0.4) is 0 Å². The lowest BCUT2D eigenvalue weighted by Gasteiger charge is -2.13. The van der Waals surface area contributed by atoms with Gasteiger partial charge in [-0.1, -0.05) is 23.2 Å². The molecule has 21 heavy (non-hydrogen) atoms. The highest BCUT2D eigenvalue weighted by molar-refractivity contribution is 6.35. The summed E-state index contributed by atoms with van der Waals surface area (Å²) >= 11 is 11.7. The van der Waals surface area contributed by atoms with Gasteiger partial charge in [-0.05, 0) is 24.6 Å². The Kier molecular flexibility index (Phi) is 6.11. The minimum absolute atomic E-state index is 0.179. The molecule has 1 heterocycles. The molecule has 1 saturated heterocycles. The zero-order chi connectivity index (χ0) is 15.2. The molecule has 116 valence electrons. The van der Waals surface area contributed by atoms with Gasteiger partial charge >= 0.3 is 5.97 Å². The predicted octanol–water partition coefficient (Wildman–Crippen LogP) is 2.46. The Labute approximate surface area is 132 Å². The zero-order valence-corrected chi connectivity index (χ0v) is 12.8. The van der Waals surface area contributed by atoms with Crippen LogP contribution in [0.25, 0.3) is 0 Å². The fourth-order valence-electron chi connectivity index (χ4n) is 1.97. The number of carbonyl (C=O) groups excluding carboxylic acids is 1. The molecular formula is C14H16Cl2O5. The molecule has 2 rings (SSSR count). The van der Waals surface area contributed by atoms with Crippen LogP contribution in [0.2, 0.25) is 10.0 Å². The van der Waals surface area contributed by atoms with Gasteiger partial charge in [-0.25, -0.2) is 4.79 Å². The molecule has 1 aromatic rings. The molecule has 0 aromatic heterocycles. The van der Waals surface area contributed by atoms with Gasteiger partial charge in [0.1, 0.15) is 5.75 Å². The first-order valence-corrected chi connectivity index (χ1v) is 7.35. The Hall–Kier alpha value is -1.01. The number of benzene rings is 1. The van der Waals surface area contributed by atoms with Crippen LogP contribution in [0.5, 0.6) is 5.75 Å². The second-order valence-electron chi connectivity index (χ2n) is 4.64. The second kappa shape index (κ2) is 7.84. The maximum absolute atomic E-state index is 11.5. The summed E-state index contributed by atoms with van der Waals surface area (Å²) in [5.41, 5.74) is 0. The van der Waals surface area contributed by atoms with Crippen molar-refractivity contribution in [3.05, 3.63) is 28.2 Å². The topological polar surface area (TPSA) is 65.0 Å². The summed E-state index contributed by atoms with van der Waals surface area (Å²) in [5, 5.41) is 10.4. The number of hydrogen-bond donors (Lipinski definition) is 1. The highest BCUT2D eigenvalue weighted by Crippen LogP contribution is 2.27. The first-order valence-electron chi connectivity index (χ1n) is 6.59. The molecule has 0 amide bonds. The lowest BCUT2D eigenvalue weighted by molar-refractivity contribution is -0.147. The van der Waals surface area contributed by atoms with Crippen molar-refractivity contribution in [2.45, 2.75) is 25.0 Å². The van der Waals surface area contributed by atoms with E-state index in [1.165, 1.54) is 6.07 Å². The summed E-state index contributed by atoms with van der Waals surface area (Å²) in [5.74, 6) is -0.138. The Morgan fingerprint density at radius 3 is 2.90 bits per heavy atom. The van der Waals surface area contributed by atoms with Gasteiger partial charge in [-0.2, -0.15) is 0 Å². The summed E-state index contributed by atoms with van der Waals surface area (Å²) in [6.45, 7) is 0.478. The molecule has 1 aliphatic rings. The van der Waals surface area contributed by atoms with Crippen LogP contribution < -0.4 is 4.74 Å². The summed E-state index contributed by atoms with van der Waals surface area (Å²) in [7, 11) is 0. The monoisotopic (exact) mass is 334 g/mol. The predicted molar refractivity (Wildman–Crippen MR) is 77.9 cm³/mol. The summed E-state index contributed by atoms with van der Waals surface area (Å²) in [6.07, 6.45) is 0.350. The Bertz CT molecular complexity index is 494. The minimum atomic E-state index is -0.506. The van der Waals surface area contributed by atoms with E-state index in [0.29, 0.717) is 35.2 Å². The van der Waals surface area contributed by atoms with Gasteiger partial charge in [-0.15, -0.1) is 0 Å². The molecule has 0 saturated carbocycles. The van der Waals surface area contributed by atoms with E-state index in [1.54, 1.807) is 12.1 Å². The van der Waals surface area contributed by atoms with E-state index in [1.807, 2.05) is 0 Å². The van der Waals surface area contributed by atoms with Crippen molar-refractivity contribution in [3.63, 3.8) is 0 Å². The van der Waals surface area contributed by atoms with E-state index in [9.17, 15) is 9.90 Å². The molecule has 1 N–H and O–H groups in total. The fraction of sp³-hybridized carbons (Fsp3) is 0.500. The van der Waals surface area contributed by atoms with Gasteiger partial charge in [0.2, 0.25) is 0 Å². The molecule has 1 fully saturated rings. The molecule has 1 aromatic carbocycles. The van der Waals surface area contributed by atoms with Gasteiger partial charge in [0.25, 0.3) is 0 Å². The smallest absolute Gasteiger partial charge is 0.344 e. The highest BCUT2D eigenvalue weighted by atomic mass is 35.5. The van der Waals surface area contributed by atoms with Crippen LogP contribution in [0, 0.1) is 0 Å². The maximum atomic E-state index is 11.5. The van der Waals surface area contributed by atoms with Crippen molar-refractivity contribution in [3.8, 4) is 5.75 Å². The van der Waals surface area contributed by atoms with E-state index in [0.717, 1.165) is 0 Å². The Morgan fingerprint density at radius 1 is 1.43 bits per heavy atom. The molecular weight excluding hydrogens is 319 g/mol. The number of esters is 1. The molecule has 0 bridgehead atoms. The molecule has 7 heteroatoms. The van der Waals surface area contributed by atoms with Crippen molar-refractivity contribution < 1.29 is 24.1 Å². The van der Waals surface area contributed by atoms with Crippen molar-refractivity contribution >= 4 is 29.2 Å². The van der Waals surface area contributed by atoms with Crippen molar-refractivity contribution in [1.29, 1.82) is 0 Å². The van der Waals surface area contributed by atoms with Crippen molar-refractivity contribution in [2.75, 3.05) is 19.8 Å². The van der Waals surface area contributed by atoms with Gasteiger partial charge < -0.3 is 19.3 Å². The van der Waals surface area contributed by atoms with Gasteiger partial charge in [0, 0.05) is 18.1 Å². The Balaban J connectivity index is 1.67. The van der Waals surface area contributed by atoms with E-state index in [2.05, 4.69) is 0 Å². The molecule has 0 radical (unpaired) electrons. The van der Waals surface area contributed by atoms with Crippen LogP contribution in [0.1, 0.15) is 12.8 Å². The van der Waals surface area contributed by atoms with Crippen LogP contribution >= 0.6 is 23.2 Å². The molecule has 0 spiro atoms. The number of carbonyl (C=O) groups is 1. The van der Waals surface area contributed by atoms with Crippen LogP contribution in [-0.2, 0) is 14.3 Å². The molecule has 5 nitrogen and oxygen atoms in total. The van der Waals surface area contributed by atoms with E-state index in [4.69, 9.17) is 37.4 Å². The lowest BCUT2D eigenvalue weighted by Crippen LogP contribution is -2.24. The highest BCUT2D eigenvalue weighted by Gasteiger charge is 2.26. The van der Waals surface area contributed by atoms with Gasteiger partial charge in [-0.3, -0.25) is 0 Å². The number of halogens is 2. The van der Waals surface area contributed by atoms with Gasteiger partial charge in [0.05, 0.1) is 23.8 Å². The lowest BCUT2D eigenvalue weighted by atomic mass is 10.1. The summed E-state index contributed by atoms with van der Waals surface area (Å²) in [6, 6.07) is 4.73. The van der Waals surface area contributed by atoms with Crippen LogP contribution in [0.15, 0.2) is 18.2 Å². The number of aliphatic hydroxyl groups excluding tert-OH is 1. The first kappa shape index (κ1) is 16.4. The average molecular weight is 335 g/mol. The molecule has 0 aliphatic carbocycles. The molecule has 2 atom stereocenters. The Morgan fingerprint density at radius 2 is 2.24 bits per heavy atom. The summed E-state index contributed by atoms with van der Waals surface area (Å²) in [4.78, 5) is 11.5. The molecule has 1 aliphatic heterocycles. The van der Waals surface area contributed by atoms with Crippen molar-refractivity contribution in [2.24, 2.45) is 0 Å². The van der Waals surface area contributed by atoms with Gasteiger partial charge in [0.15, 0.2) is 6.61 Å². The minimum Gasteiger partial charge on any atom is -0.480 e. The van der Waals surface area contributed by atoms with Crippen molar-refractivity contribution in [1.82, 2.24) is 0 Å². The maximum Gasteiger partial charge on any atom is 0.344 e. The first-order chi connectivity index (χ1) is 10.1. The quantitative estimate of drug-likeness (QED) is 0.809. The third kappa shape index (κ3) is 5.04. The largest absolute Gasteiger partial charge is 0.480 e. The van der Waals surface area contributed by atoms with Crippen LogP contribution in [0.4, 0.5) is 0 Å². The third-order valence-corrected chi connectivity index (χ3v) is 3.61. The van der Waals surface area contributed by atoms with E-state index >= 15 is 0 Å². The summed E-state index contributed by atoms with van der Waals surface area (Å²) < 4.78 is 15.6. The van der Waals surface area contributed by atoms with E-state index in [-0.39, 0.29) is 19.3 Å². The number of ether oxygens (including phenoxy) is 3. The average Bonchev–Trinajstić information content (AvgIpc) is 2.83. The standard InChI is InChI=1S/C14H16Cl2O5/c15-9-1-2-12(10(16)7-9)21-8-14(18)20-6-4-13-11(17)3-5-19-13/h1-2,7,11,13,17H,3-6,8H2. The molecule has 2 unspecified atom stereocenters. The third-order valence-electron chi connectivity index (χ3n) is 3.08. The normalized spacial score (nSPS) is 21.3. The van der Waals surface area contributed by atoms with E-state index < -0.39 is 12.1 Å². The zero-order valence-electron chi connectivity index (χ0n) is 11.3.